The Morgan fingerprint density at radius 2 is 1.96 bits per heavy atom. The second kappa shape index (κ2) is 9.05. The van der Waals surface area contributed by atoms with E-state index in [0.717, 1.165) is 39.0 Å². The summed E-state index contributed by atoms with van der Waals surface area (Å²) in [7, 11) is 0. The number of rotatable bonds is 4. The molecule has 2 saturated heterocycles. The molecule has 2 aliphatic heterocycles. The molecule has 2 heterocycles. The normalized spacial score (nSPS) is 25.9. The fourth-order valence-corrected chi connectivity index (χ4v) is 4.51. The van der Waals surface area contributed by atoms with E-state index in [4.69, 9.17) is 0 Å². The predicted octanol–water partition coefficient (Wildman–Crippen LogP) is 4.01. The molecule has 0 saturated carbocycles. The van der Waals surface area contributed by atoms with Gasteiger partial charge in [0.2, 0.25) is 5.91 Å². The Kier molecular flexibility index (Phi) is 7.33. The van der Waals surface area contributed by atoms with Gasteiger partial charge in [0.15, 0.2) is 0 Å². The van der Waals surface area contributed by atoms with Crippen molar-refractivity contribution >= 4 is 18.3 Å². The molecule has 4 heteroatoms. The molecule has 2 aliphatic rings. The zero-order chi connectivity index (χ0) is 17.0. The summed E-state index contributed by atoms with van der Waals surface area (Å²) in [6.45, 7) is 8.61. The first-order chi connectivity index (χ1) is 11.6. The van der Waals surface area contributed by atoms with Crippen molar-refractivity contribution in [3.63, 3.8) is 0 Å². The van der Waals surface area contributed by atoms with Crippen molar-refractivity contribution in [2.75, 3.05) is 26.2 Å². The van der Waals surface area contributed by atoms with Gasteiger partial charge in [-0.15, -0.1) is 12.4 Å². The Morgan fingerprint density at radius 3 is 2.64 bits per heavy atom. The molecule has 0 radical (unpaired) electrons. The Bertz CT molecular complexity index is 544. The number of likely N-dealkylation sites (tertiary alicyclic amines) is 1. The second-order valence-corrected chi connectivity index (χ2v) is 8.11. The van der Waals surface area contributed by atoms with Crippen molar-refractivity contribution in [1.29, 1.82) is 0 Å². The number of carbonyl (C=O) groups excluding carboxylic acids is 1. The Morgan fingerprint density at radius 1 is 1.28 bits per heavy atom. The molecule has 3 nitrogen and oxygen atoms in total. The summed E-state index contributed by atoms with van der Waals surface area (Å²) < 4.78 is 0. The summed E-state index contributed by atoms with van der Waals surface area (Å²) in [4.78, 5) is 15.0. The number of hydrogen-bond donors (Lipinski definition) is 1. The van der Waals surface area contributed by atoms with Crippen molar-refractivity contribution in [2.45, 2.75) is 51.4 Å². The highest BCUT2D eigenvalue weighted by Gasteiger charge is 2.35. The number of nitrogens with zero attached hydrogens (tertiary/aromatic N) is 1. The number of carbonyl (C=O) groups is 1. The lowest BCUT2D eigenvalue weighted by Crippen LogP contribution is -2.47. The molecule has 0 aliphatic carbocycles. The zero-order valence-corrected chi connectivity index (χ0v) is 16.5. The minimum atomic E-state index is 0. The van der Waals surface area contributed by atoms with E-state index >= 15 is 0 Å². The Hall–Kier alpha value is -1.06. The lowest BCUT2D eigenvalue weighted by Gasteiger charge is -2.41. The van der Waals surface area contributed by atoms with Crippen LogP contribution in [0.15, 0.2) is 30.3 Å². The van der Waals surface area contributed by atoms with Crippen molar-refractivity contribution in [3.8, 4) is 0 Å². The smallest absolute Gasteiger partial charge is 0.222 e. The van der Waals surface area contributed by atoms with Gasteiger partial charge in [0.1, 0.15) is 0 Å². The van der Waals surface area contributed by atoms with Gasteiger partial charge in [-0.25, -0.2) is 0 Å². The van der Waals surface area contributed by atoms with E-state index in [1.165, 1.54) is 24.8 Å². The van der Waals surface area contributed by atoms with Crippen LogP contribution in [0.4, 0.5) is 0 Å². The van der Waals surface area contributed by atoms with Gasteiger partial charge in [-0.05, 0) is 56.2 Å². The summed E-state index contributed by atoms with van der Waals surface area (Å²) in [6.07, 6.45) is 5.44. The van der Waals surface area contributed by atoms with E-state index in [0.29, 0.717) is 17.7 Å². The van der Waals surface area contributed by atoms with E-state index in [2.05, 4.69) is 54.4 Å². The molecule has 0 aromatic heterocycles. The van der Waals surface area contributed by atoms with Crippen molar-refractivity contribution in [2.24, 2.45) is 11.8 Å². The van der Waals surface area contributed by atoms with Crippen molar-refractivity contribution in [3.05, 3.63) is 35.9 Å². The SMILES string of the molecule is CC(CC(=O)N1CCCC(C)(c2ccccc2)C1)C1CCNCC1.Cl. The minimum Gasteiger partial charge on any atom is -0.342 e. The third-order valence-electron chi connectivity index (χ3n) is 6.20. The molecular weight excluding hydrogens is 332 g/mol. The van der Waals surface area contributed by atoms with E-state index in [1.54, 1.807) is 0 Å². The number of piperidine rings is 2. The van der Waals surface area contributed by atoms with Gasteiger partial charge in [0.05, 0.1) is 0 Å². The van der Waals surface area contributed by atoms with Crippen LogP contribution < -0.4 is 5.32 Å². The number of benzene rings is 1. The van der Waals surface area contributed by atoms with Crippen LogP contribution in [0.5, 0.6) is 0 Å². The van der Waals surface area contributed by atoms with E-state index < -0.39 is 0 Å². The average molecular weight is 365 g/mol. The van der Waals surface area contributed by atoms with Crippen molar-refractivity contribution in [1.82, 2.24) is 10.2 Å². The molecule has 2 fully saturated rings. The topological polar surface area (TPSA) is 32.3 Å². The first kappa shape index (κ1) is 20.3. The van der Waals surface area contributed by atoms with Crippen LogP contribution >= 0.6 is 12.4 Å². The molecule has 1 N–H and O–H groups in total. The fraction of sp³-hybridized carbons (Fsp3) is 0.667. The lowest BCUT2D eigenvalue weighted by atomic mass is 9.75. The van der Waals surface area contributed by atoms with Gasteiger partial charge in [-0.3, -0.25) is 4.79 Å². The summed E-state index contributed by atoms with van der Waals surface area (Å²) >= 11 is 0. The van der Waals surface area contributed by atoms with Crippen LogP contribution in [0.25, 0.3) is 0 Å². The van der Waals surface area contributed by atoms with Gasteiger partial charge in [-0.1, -0.05) is 44.2 Å². The van der Waals surface area contributed by atoms with Crippen LogP contribution in [0.3, 0.4) is 0 Å². The summed E-state index contributed by atoms with van der Waals surface area (Å²) in [5.41, 5.74) is 1.47. The molecule has 1 amide bonds. The number of amides is 1. The molecule has 2 atom stereocenters. The first-order valence-corrected chi connectivity index (χ1v) is 9.62. The summed E-state index contributed by atoms with van der Waals surface area (Å²) in [5, 5.41) is 3.42. The minimum absolute atomic E-state index is 0. The van der Waals surface area contributed by atoms with Gasteiger partial charge in [0, 0.05) is 24.9 Å². The number of nitrogens with one attached hydrogen (secondary N) is 1. The van der Waals surface area contributed by atoms with Crippen molar-refractivity contribution < 1.29 is 4.79 Å². The maximum absolute atomic E-state index is 12.9. The Labute approximate surface area is 159 Å². The molecule has 25 heavy (non-hydrogen) atoms. The maximum atomic E-state index is 12.9. The van der Waals surface area contributed by atoms with Crippen LogP contribution in [-0.4, -0.2) is 37.0 Å². The fourth-order valence-electron chi connectivity index (χ4n) is 4.51. The third-order valence-corrected chi connectivity index (χ3v) is 6.20. The monoisotopic (exact) mass is 364 g/mol. The lowest BCUT2D eigenvalue weighted by molar-refractivity contribution is -0.134. The van der Waals surface area contributed by atoms with Gasteiger partial charge >= 0.3 is 0 Å². The highest BCUT2D eigenvalue weighted by Crippen LogP contribution is 2.34. The molecule has 2 unspecified atom stereocenters. The average Bonchev–Trinajstić information content (AvgIpc) is 2.63. The second-order valence-electron chi connectivity index (χ2n) is 8.11. The van der Waals surface area contributed by atoms with E-state index in [9.17, 15) is 4.79 Å². The van der Waals surface area contributed by atoms with Gasteiger partial charge in [-0.2, -0.15) is 0 Å². The maximum Gasteiger partial charge on any atom is 0.222 e. The number of hydrogen-bond acceptors (Lipinski definition) is 2. The van der Waals surface area contributed by atoms with Crippen LogP contribution in [0, 0.1) is 11.8 Å². The van der Waals surface area contributed by atoms with E-state index in [-0.39, 0.29) is 17.8 Å². The van der Waals surface area contributed by atoms with Crippen LogP contribution in [0.1, 0.15) is 51.5 Å². The zero-order valence-electron chi connectivity index (χ0n) is 15.7. The van der Waals surface area contributed by atoms with Crippen LogP contribution in [0.2, 0.25) is 0 Å². The Balaban J connectivity index is 0.00000225. The molecule has 3 rings (SSSR count). The molecule has 0 bridgehead atoms. The molecule has 1 aromatic carbocycles. The standard InChI is InChI=1S/C21H32N2O.ClH/c1-17(18-9-12-22-13-10-18)15-20(24)23-14-6-11-21(2,16-23)19-7-4-3-5-8-19;/h3-5,7-8,17-18,22H,6,9-16H2,1-2H3;1H. The van der Waals surface area contributed by atoms with Gasteiger partial charge in [0.25, 0.3) is 0 Å². The first-order valence-electron chi connectivity index (χ1n) is 9.62. The highest BCUT2D eigenvalue weighted by molar-refractivity contribution is 5.85. The summed E-state index contributed by atoms with van der Waals surface area (Å²) in [6, 6.07) is 10.7. The predicted molar refractivity (Wildman–Crippen MR) is 106 cm³/mol. The molecular formula is C21H33ClN2O. The quantitative estimate of drug-likeness (QED) is 0.875. The van der Waals surface area contributed by atoms with Crippen LogP contribution in [-0.2, 0) is 10.2 Å². The van der Waals surface area contributed by atoms with Gasteiger partial charge < -0.3 is 10.2 Å². The number of halogens is 1. The summed E-state index contributed by atoms with van der Waals surface area (Å²) in [5.74, 6) is 1.58. The third kappa shape index (κ3) is 4.98. The molecule has 140 valence electrons. The molecule has 0 spiro atoms. The largest absolute Gasteiger partial charge is 0.342 e. The highest BCUT2D eigenvalue weighted by atomic mass is 35.5. The molecule has 1 aromatic rings. The van der Waals surface area contributed by atoms with E-state index in [1.807, 2.05) is 0 Å².